The molecule has 0 radical (unpaired) electrons. The molecule has 0 saturated heterocycles. The molecule has 0 saturated carbocycles. The Bertz CT molecular complexity index is 837. The topological polar surface area (TPSA) is 114 Å². The lowest BCUT2D eigenvalue weighted by atomic mass is 10.0. The van der Waals surface area contributed by atoms with Gasteiger partial charge in [-0.3, -0.25) is 14.9 Å². The Morgan fingerprint density at radius 2 is 1.76 bits per heavy atom. The predicted molar refractivity (Wildman–Crippen MR) is 108 cm³/mol. The highest BCUT2D eigenvalue weighted by Crippen LogP contribution is 2.08. The zero-order valence-electron chi connectivity index (χ0n) is 16.1. The molecule has 0 aliphatic rings. The number of thiophene rings is 1. The largest absolute Gasteiger partial charge is 0.454 e. The van der Waals surface area contributed by atoms with Gasteiger partial charge >= 0.3 is 12.0 Å². The zero-order valence-corrected chi connectivity index (χ0v) is 17.0. The lowest BCUT2D eigenvalue weighted by molar-refractivity contribution is -0.151. The molecule has 0 spiro atoms. The predicted octanol–water partition coefficient (Wildman–Crippen LogP) is 2.07. The second-order valence-electron chi connectivity index (χ2n) is 6.48. The van der Waals surface area contributed by atoms with Crippen LogP contribution in [0.3, 0.4) is 0 Å². The number of urea groups is 1. The van der Waals surface area contributed by atoms with Crippen molar-refractivity contribution in [1.29, 1.82) is 0 Å². The molecular weight excluding hydrogens is 394 g/mol. The Kier molecular flexibility index (Phi) is 8.35. The molecule has 0 aliphatic heterocycles. The summed E-state index contributed by atoms with van der Waals surface area (Å²) < 4.78 is 4.97. The summed E-state index contributed by atoms with van der Waals surface area (Å²) >= 11 is 1.48. The van der Waals surface area contributed by atoms with Crippen LogP contribution in [0, 0.1) is 5.92 Å². The molecule has 0 aliphatic carbocycles. The van der Waals surface area contributed by atoms with E-state index in [2.05, 4.69) is 16.0 Å². The molecule has 0 unspecified atom stereocenters. The van der Waals surface area contributed by atoms with E-state index in [-0.39, 0.29) is 12.5 Å². The van der Waals surface area contributed by atoms with Crippen LogP contribution in [0.15, 0.2) is 47.8 Å². The van der Waals surface area contributed by atoms with E-state index in [0.29, 0.717) is 5.56 Å². The molecule has 3 N–H and O–H groups in total. The first-order chi connectivity index (χ1) is 13.9. The number of imide groups is 1. The van der Waals surface area contributed by atoms with E-state index in [1.807, 2.05) is 17.5 Å². The second-order valence-corrected chi connectivity index (χ2v) is 7.51. The Labute approximate surface area is 172 Å². The number of rotatable bonds is 8. The van der Waals surface area contributed by atoms with Crippen LogP contribution in [0.5, 0.6) is 0 Å². The van der Waals surface area contributed by atoms with E-state index in [0.717, 1.165) is 4.88 Å². The van der Waals surface area contributed by atoms with Crippen LogP contribution in [0.25, 0.3) is 0 Å². The lowest BCUT2D eigenvalue weighted by Gasteiger charge is -2.20. The van der Waals surface area contributed by atoms with Crippen LogP contribution in [0.1, 0.15) is 29.1 Å². The number of hydrogen-bond donors (Lipinski definition) is 3. The molecule has 2 aromatic rings. The van der Waals surface area contributed by atoms with Gasteiger partial charge in [0.1, 0.15) is 6.04 Å². The zero-order chi connectivity index (χ0) is 21.2. The van der Waals surface area contributed by atoms with Crippen molar-refractivity contribution in [2.75, 3.05) is 6.61 Å². The van der Waals surface area contributed by atoms with Crippen molar-refractivity contribution in [3.8, 4) is 0 Å². The van der Waals surface area contributed by atoms with Crippen LogP contribution in [0.2, 0.25) is 0 Å². The normalized spacial score (nSPS) is 11.4. The highest BCUT2D eigenvalue weighted by atomic mass is 32.1. The van der Waals surface area contributed by atoms with Gasteiger partial charge in [-0.05, 0) is 29.5 Å². The molecule has 9 heteroatoms. The van der Waals surface area contributed by atoms with E-state index in [1.165, 1.54) is 11.3 Å². The minimum Gasteiger partial charge on any atom is -0.454 e. The average molecular weight is 417 g/mol. The standard InChI is InChI=1S/C20H23N3O5S/c1-13(2)17(23-18(25)14-7-4-3-5-8-14)19(26)28-12-16(24)22-20(27)21-11-15-9-6-10-29-15/h3-10,13,17H,11-12H2,1-2H3,(H,23,25)(H2,21,22,24,27)/t17-/m0/s1. The van der Waals surface area contributed by atoms with Gasteiger partial charge in [-0.1, -0.05) is 38.1 Å². The van der Waals surface area contributed by atoms with Gasteiger partial charge in [0.2, 0.25) is 0 Å². The van der Waals surface area contributed by atoms with Gasteiger partial charge in [-0.15, -0.1) is 11.3 Å². The number of amides is 4. The quantitative estimate of drug-likeness (QED) is 0.569. The van der Waals surface area contributed by atoms with E-state index in [4.69, 9.17) is 4.74 Å². The van der Waals surface area contributed by atoms with Crippen molar-refractivity contribution in [2.24, 2.45) is 5.92 Å². The summed E-state index contributed by atoms with van der Waals surface area (Å²) in [6.45, 7) is 3.15. The summed E-state index contributed by atoms with van der Waals surface area (Å²) in [6.07, 6.45) is 0. The number of nitrogens with one attached hydrogen (secondary N) is 3. The third-order valence-electron chi connectivity index (χ3n) is 3.84. The monoisotopic (exact) mass is 417 g/mol. The Hall–Kier alpha value is -3.20. The molecule has 0 bridgehead atoms. The molecule has 4 amide bonds. The van der Waals surface area contributed by atoms with Crippen molar-refractivity contribution >= 4 is 35.2 Å². The summed E-state index contributed by atoms with van der Waals surface area (Å²) in [5.41, 5.74) is 0.408. The molecule has 154 valence electrons. The van der Waals surface area contributed by atoms with Crippen molar-refractivity contribution in [1.82, 2.24) is 16.0 Å². The van der Waals surface area contributed by atoms with E-state index in [1.54, 1.807) is 44.2 Å². The fourth-order valence-electron chi connectivity index (χ4n) is 2.33. The molecule has 2 rings (SSSR count). The Morgan fingerprint density at radius 3 is 2.38 bits per heavy atom. The third kappa shape index (κ3) is 7.38. The van der Waals surface area contributed by atoms with Gasteiger partial charge < -0.3 is 15.4 Å². The fraction of sp³-hybridized carbons (Fsp3) is 0.300. The van der Waals surface area contributed by atoms with E-state index >= 15 is 0 Å². The van der Waals surface area contributed by atoms with Crippen LogP contribution in [-0.2, 0) is 20.9 Å². The number of esters is 1. The van der Waals surface area contributed by atoms with Crippen LogP contribution < -0.4 is 16.0 Å². The molecule has 1 heterocycles. The molecule has 1 aromatic heterocycles. The second kappa shape index (κ2) is 11.0. The van der Waals surface area contributed by atoms with Gasteiger partial charge in [0.15, 0.2) is 6.61 Å². The van der Waals surface area contributed by atoms with Gasteiger partial charge in [-0.25, -0.2) is 9.59 Å². The van der Waals surface area contributed by atoms with Crippen LogP contribution >= 0.6 is 11.3 Å². The van der Waals surface area contributed by atoms with Gasteiger partial charge in [0, 0.05) is 10.4 Å². The minimum atomic E-state index is -0.928. The molecule has 1 aromatic carbocycles. The van der Waals surface area contributed by atoms with Gasteiger partial charge in [-0.2, -0.15) is 0 Å². The SMILES string of the molecule is CC(C)[C@H](NC(=O)c1ccccc1)C(=O)OCC(=O)NC(=O)NCc1cccs1. The first-order valence-corrected chi connectivity index (χ1v) is 9.87. The maximum absolute atomic E-state index is 12.3. The Morgan fingerprint density at radius 1 is 1.03 bits per heavy atom. The average Bonchev–Trinajstić information content (AvgIpc) is 3.22. The number of ether oxygens (including phenoxy) is 1. The van der Waals surface area contributed by atoms with Crippen molar-refractivity contribution < 1.29 is 23.9 Å². The van der Waals surface area contributed by atoms with Crippen molar-refractivity contribution in [3.63, 3.8) is 0 Å². The number of carbonyl (C=O) groups is 4. The lowest BCUT2D eigenvalue weighted by Crippen LogP contribution is -2.47. The maximum Gasteiger partial charge on any atom is 0.329 e. The number of benzene rings is 1. The van der Waals surface area contributed by atoms with Crippen LogP contribution in [-0.4, -0.2) is 36.5 Å². The van der Waals surface area contributed by atoms with E-state index in [9.17, 15) is 19.2 Å². The number of hydrogen-bond acceptors (Lipinski definition) is 6. The summed E-state index contributed by atoms with van der Waals surface area (Å²) in [5, 5.41) is 9.10. The minimum absolute atomic E-state index is 0.257. The molecular formula is C20H23N3O5S. The highest BCUT2D eigenvalue weighted by molar-refractivity contribution is 7.09. The molecule has 1 atom stereocenters. The highest BCUT2D eigenvalue weighted by Gasteiger charge is 2.27. The summed E-state index contributed by atoms with van der Waals surface area (Å²) in [6, 6.07) is 10.5. The fourth-order valence-corrected chi connectivity index (χ4v) is 2.97. The first kappa shape index (κ1) is 22.1. The molecule has 0 fully saturated rings. The summed E-state index contributed by atoms with van der Waals surface area (Å²) in [7, 11) is 0. The Balaban J connectivity index is 1.79. The van der Waals surface area contributed by atoms with E-state index < -0.39 is 36.5 Å². The van der Waals surface area contributed by atoms with Crippen molar-refractivity contribution in [2.45, 2.75) is 26.4 Å². The van der Waals surface area contributed by atoms with Gasteiger partial charge in [0.25, 0.3) is 11.8 Å². The summed E-state index contributed by atoms with van der Waals surface area (Å²) in [4.78, 5) is 49.0. The molecule has 8 nitrogen and oxygen atoms in total. The number of carbonyl (C=O) groups excluding carboxylic acids is 4. The summed E-state index contributed by atoms with van der Waals surface area (Å²) in [5.74, 6) is -2.19. The van der Waals surface area contributed by atoms with Crippen molar-refractivity contribution in [3.05, 3.63) is 58.3 Å². The third-order valence-corrected chi connectivity index (χ3v) is 4.72. The smallest absolute Gasteiger partial charge is 0.329 e. The van der Waals surface area contributed by atoms with Gasteiger partial charge in [0.05, 0.1) is 6.54 Å². The first-order valence-electron chi connectivity index (χ1n) is 8.99. The van der Waals surface area contributed by atoms with Crippen LogP contribution in [0.4, 0.5) is 4.79 Å². The molecule has 29 heavy (non-hydrogen) atoms. The maximum atomic E-state index is 12.3.